The first kappa shape index (κ1) is 28.6. The summed E-state index contributed by atoms with van der Waals surface area (Å²) in [7, 11) is 1.61. The van der Waals surface area contributed by atoms with Gasteiger partial charge in [0.05, 0.1) is 12.7 Å². The van der Waals surface area contributed by atoms with Crippen LogP contribution in [0.15, 0.2) is 72.8 Å². The highest BCUT2D eigenvalue weighted by molar-refractivity contribution is 5.94. The Morgan fingerprint density at radius 1 is 1.03 bits per heavy atom. The molecule has 208 valence electrons. The Hall–Kier alpha value is -3.39. The minimum atomic E-state index is -4.44. The third kappa shape index (κ3) is 7.18. The van der Waals surface area contributed by atoms with Crippen molar-refractivity contribution in [3.63, 3.8) is 0 Å². The van der Waals surface area contributed by atoms with Gasteiger partial charge in [0.25, 0.3) is 5.91 Å². The number of nitrogens with zero attached hydrogens (tertiary/aromatic N) is 2. The van der Waals surface area contributed by atoms with Gasteiger partial charge in [-0.25, -0.2) is 4.39 Å². The number of benzene rings is 3. The van der Waals surface area contributed by atoms with Gasteiger partial charge in [0.15, 0.2) is 0 Å². The summed E-state index contributed by atoms with van der Waals surface area (Å²) in [5.41, 5.74) is 1.31. The van der Waals surface area contributed by atoms with Gasteiger partial charge in [-0.2, -0.15) is 13.2 Å². The predicted molar refractivity (Wildman–Crippen MR) is 143 cm³/mol. The van der Waals surface area contributed by atoms with Crippen molar-refractivity contribution in [1.29, 1.82) is 0 Å². The standard InChI is InChI=1S/C31H34F4N2O2/c1-21(2)16-37(30(38)22-11-13-27(32)14-12-22)19-25-18-36(17-24-7-4-5-10-29(24)39-3)20-28(25)23-8-6-9-26(15-23)31(33,34)35/h4-15,21,25,28H,16-20H2,1-3H3. The highest BCUT2D eigenvalue weighted by Gasteiger charge is 2.38. The van der Waals surface area contributed by atoms with Crippen molar-refractivity contribution in [3.8, 4) is 5.75 Å². The zero-order valence-electron chi connectivity index (χ0n) is 22.4. The van der Waals surface area contributed by atoms with Crippen LogP contribution in [-0.2, 0) is 12.7 Å². The molecule has 1 saturated heterocycles. The maximum Gasteiger partial charge on any atom is 0.416 e. The quantitative estimate of drug-likeness (QED) is 0.277. The van der Waals surface area contributed by atoms with E-state index in [1.54, 1.807) is 18.1 Å². The number of rotatable bonds is 9. The summed E-state index contributed by atoms with van der Waals surface area (Å²) in [6.07, 6.45) is -4.44. The second-order valence-electron chi connectivity index (χ2n) is 10.6. The second-order valence-corrected chi connectivity index (χ2v) is 10.6. The molecule has 2 atom stereocenters. The van der Waals surface area contributed by atoms with Crippen molar-refractivity contribution >= 4 is 5.91 Å². The monoisotopic (exact) mass is 542 g/mol. The highest BCUT2D eigenvalue weighted by atomic mass is 19.4. The topological polar surface area (TPSA) is 32.8 Å². The molecular formula is C31H34F4N2O2. The number of halogens is 4. The number of ether oxygens (including phenoxy) is 1. The number of methoxy groups -OCH3 is 1. The lowest BCUT2D eigenvalue weighted by Gasteiger charge is -2.30. The Balaban J connectivity index is 1.65. The largest absolute Gasteiger partial charge is 0.496 e. The van der Waals surface area contributed by atoms with Crippen LogP contribution in [0.3, 0.4) is 0 Å². The number of likely N-dealkylation sites (tertiary alicyclic amines) is 1. The Kier molecular flexibility index (Phi) is 8.95. The number of hydrogen-bond acceptors (Lipinski definition) is 3. The van der Waals surface area contributed by atoms with E-state index in [0.717, 1.165) is 17.4 Å². The molecule has 2 unspecified atom stereocenters. The first-order chi connectivity index (χ1) is 18.5. The zero-order valence-corrected chi connectivity index (χ0v) is 22.4. The van der Waals surface area contributed by atoms with Crippen molar-refractivity contribution in [1.82, 2.24) is 9.80 Å². The van der Waals surface area contributed by atoms with Crippen LogP contribution in [0.1, 0.15) is 46.8 Å². The van der Waals surface area contributed by atoms with Gasteiger partial charge < -0.3 is 9.64 Å². The van der Waals surface area contributed by atoms with Gasteiger partial charge in [0.1, 0.15) is 11.6 Å². The summed E-state index contributed by atoms with van der Waals surface area (Å²) in [5, 5.41) is 0. The van der Waals surface area contributed by atoms with E-state index in [-0.39, 0.29) is 23.7 Å². The highest BCUT2D eigenvalue weighted by Crippen LogP contribution is 2.38. The number of carbonyl (C=O) groups is 1. The first-order valence-electron chi connectivity index (χ1n) is 13.1. The summed E-state index contributed by atoms with van der Waals surface area (Å²) in [6.45, 7) is 6.60. The van der Waals surface area contributed by atoms with Gasteiger partial charge in [-0.15, -0.1) is 0 Å². The molecule has 0 spiro atoms. The fraction of sp³-hybridized carbons (Fsp3) is 0.387. The lowest BCUT2D eigenvalue weighted by molar-refractivity contribution is -0.137. The van der Waals surface area contributed by atoms with Crippen LogP contribution < -0.4 is 4.74 Å². The van der Waals surface area contributed by atoms with Crippen LogP contribution >= 0.6 is 0 Å². The van der Waals surface area contributed by atoms with Gasteiger partial charge in [-0.3, -0.25) is 9.69 Å². The van der Waals surface area contributed by atoms with Crippen LogP contribution in [0.5, 0.6) is 5.75 Å². The molecule has 1 fully saturated rings. The van der Waals surface area contributed by atoms with E-state index >= 15 is 0 Å². The molecule has 0 saturated carbocycles. The van der Waals surface area contributed by atoms with E-state index in [9.17, 15) is 22.4 Å². The van der Waals surface area contributed by atoms with Crippen molar-refractivity contribution < 1.29 is 27.1 Å². The third-order valence-electron chi connectivity index (χ3n) is 7.16. The van der Waals surface area contributed by atoms with E-state index in [0.29, 0.717) is 43.9 Å². The van der Waals surface area contributed by atoms with Crippen LogP contribution in [0.2, 0.25) is 0 Å². The van der Waals surface area contributed by atoms with E-state index in [4.69, 9.17) is 4.74 Å². The van der Waals surface area contributed by atoms with Crippen LogP contribution in [-0.4, -0.2) is 49.0 Å². The third-order valence-corrected chi connectivity index (χ3v) is 7.16. The fourth-order valence-electron chi connectivity index (χ4n) is 5.41. The predicted octanol–water partition coefficient (Wildman–Crippen LogP) is 6.87. The van der Waals surface area contributed by atoms with Crippen LogP contribution in [0.4, 0.5) is 17.6 Å². The van der Waals surface area contributed by atoms with Crippen LogP contribution in [0.25, 0.3) is 0 Å². The molecule has 3 aromatic rings. The maximum absolute atomic E-state index is 13.6. The van der Waals surface area contributed by atoms with Gasteiger partial charge in [0.2, 0.25) is 0 Å². The van der Waals surface area contributed by atoms with E-state index in [2.05, 4.69) is 4.90 Å². The normalized spacial score (nSPS) is 17.9. The molecule has 0 N–H and O–H groups in total. The molecule has 1 amide bonds. The number of para-hydroxylation sites is 1. The minimum absolute atomic E-state index is 0.105. The Bertz CT molecular complexity index is 1260. The molecule has 1 aliphatic rings. The number of amides is 1. The second kappa shape index (κ2) is 12.2. The first-order valence-corrected chi connectivity index (χ1v) is 13.1. The average molecular weight is 543 g/mol. The van der Waals surface area contributed by atoms with Crippen molar-refractivity contribution in [2.45, 2.75) is 32.5 Å². The van der Waals surface area contributed by atoms with Gasteiger partial charge >= 0.3 is 6.18 Å². The SMILES string of the molecule is COc1ccccc1CN1CC(CN(CC(C)C)C(=O)c2ccc(F)cc2)C(c2cccc(C(F)(F)F)c2)C1. The molecule has 8 heteroatoms. The van der Waals surface area contributed by atoms with Gasteiger partial charge in [-0.05, 0) is 53.8 Å². The molecule has 4 nitrogen and oxygen atoms in total. The summed E-state index contributed by atoms with van der Waals surface area (Å²) in [6, 6.07) is 18.7. The summed E-state index contributed by atoms with van der Waals surface area (Å²) in [5.74, 6) is -0.0231. The van der Waals surface area contributed by atoms with Crippen molar-refractivity contribution in [2.24, 2.45) is 11.8 Å². The molecule has 4 rings (SSSR count). The average Bonchev–Trinajstić information content (AvgIpc) is 3.30. The number of carbonyl (C=O) groups excluding carboxylic acids is 1. The molecule has 1 heterocycles. The molecular weight excluding hydrogens is 508 g/mol. The molecule has 3 aromatic carbocycles. The van der Waals surface area contributed by atoms with Crippen LogP contribution in [0, 0.1) is 17.7 Å². The summed E-state index contributed by atoms with van der Waals surface area (Å²) < 4.78 is 59.7. The van der Waals surface area contributed by atoms with Crippen molar-refractivity contribution in [3.05, 3.63) is 101 Å². The van der Waals surface area contributed by atoms with E-state index in [1.807, 2.05) is 38.1 Å². The Morgan fingerprint density at radius 2 is 1.74 bits per heavy atom. The maximum atomic E-state index is 13.6. The van der Waals surface area contributed by atoms with Gasteiger partial charge in [0, 0.05) is 49.8 Å². The van der Waals surface area contributed by atoms with Gasteiger partial charge in [-0.1, -0.05) is 50.2 Å². The fourth-order valence-corrected chi connectivity index (χ4v) is 5.41. The number of hydrogen-bond donors (Lipinski definition) is 0. The molecule has 0 aliphatic carbocycles. The lowest BCUT2D eigenvalue weighted by atomic mass is 9.87. The van der Waals surface area contributed by atoms with E-state index < -0.39 is 17.6 Å². The smallest absolute Gasteiger partial charge is 0.416 e. The lowest BCUT2D eigenvalue weighted by Crippen LogP contribution is -2.39. The molecule has 1 aliphatic heterocycles. The molecule has 39 heavy (non-hydrogen) atoms. The minimum Gasteiger partial charge on any atom is -0.496 e. The molecule has 0 bridgehead atoms. The van der Waals surface area contributed by atoms with E-state index in [1.165, 1.54) is 36.4 Å². The summed E-state index contributed by atoms with van der Waals surface area (Å²) in [4.78, 5) is 17.5. The zero-order chi connectivity index (χ0) is 28.2. The summed E-state index contributed by atoms with van der Waals surface area (Å²) >= 11 is 0. The molecule has 0 aromatic heterocycles. The number of alkyl halides is 3. The van der Waals surface area contributed by atoms with Crippen molar-refractivity contribution in [2.75, 3.05) is 33.3 Å². The molecule has 0 radical (unpaired) electrons. The Labute approximate surface area is 227 Å². The Morgan fingerprint density at radius 3 is 2.41 bits per heavy atom.